The van der Waals surface area contributed by atoms with Crippen molar-refractivity contribution in [3.8, 4) is 0 Å². The highest BCUT2D eigenvalue weighted by Gasteiger charge is 2.25. The SMILES string of the molecule is CCCCCCCCCC(=O)OC1C=C(OCCCC)c2cccc3cccc1c23. The van der Waals surface area contributed by atoms with Gasteiger partial charge in [0.1, 0.15) is 11.9 Å². The summed E-state index contributed by atoms with van der Waals surface area (Å²) in [5.74, 6) is 0.718. The smallest absolute Gasteiger partial charge is 0.306 e. The maximum atomic E-state index is 12.6. The summed E-state index contributed by atoms with van der Waals surface area (Å²) in [6, 6.07) is 12.5. The monoisotopic (exact) mass is 408 g/mol. The molecule has 0 radical (unpaired) electrons. The Balaban J connectivity index is 1.65. The van der Waals surface area contributed by atoms with Crippen LogP contribution in [0.5, 0.6) is 0 Å². The maximum absolute atomic E-state index is 12.6. The summed E-state index contributed by atoms with van der Waals surface area (Å²) in [5, 5.41) is 2.30. The molecule has 2 aromatic rings. The molecule has 1 unspecified atom stereocenters. The molecule has 3 nitrogen and oxygen atoms in total. The van der Waals surface area contributed by atoms with Gasteiger partial charge in [0.2, 0.25) is 0 Å². The molecule has 0 N–H and O–H groups in total. The largest absolute Gasteiger partial charge is 0.493 e. The van der Waals surface area contributed by atoms with E-state index in [1.54, 1.807) is 0 Å². The minimum Gasteiger partial charge on any atom is -0.493 e. The molecule has 1 aliphatic rings. The van der Waals surface area contributed by atoms with Gasteiger partial charge in [0, 0.05) is 23.6 Å². The Morgan fingerprint density at radius 1 is 0.867 bits per heavy atom. The van der Waals surface area contributed by atoms with E-state index < -0.39 is 0 Å². The van der Waals surface area contributed by atoms with Crippen LogP contribution in [0, 0.1) is 0 Å². The van der Waals surface area contributed by atoms with Crippen molar-refractivity contribution in [3.63, 3.8) is 0 Å². The van der Waals surface area contributed by atoms with Crippen LogP contribution in [-0.4, -0.2) is 12.6 Å². The zero-order chi connectivity index (χ0) is 21.2. The van der Waals surface area contributed by atoms with Gasteiger partial charge in [-0.15, -0.1) is 0 Å². The van der Waals surface area contributed by atoms with Crippen LogP contribution in [0.15, 0.2) is 42.5 Å². The van der Waals surface area contributed by atoms with Crippen molar-refractivity contribution in [2.75, 3.05) is 6.61 Å². The maximum Gasteiger partial charge on any atom is 0.306 e. The third-order valence-electron chi connectivity index (χ3n) is 5.81. The van der Waals surface area contributed by atoms with E-state index in [-0.39, 0.29) is 12.1 Å². The van der Waals surface area contributed by atoms with Gasteiger partial charge in [-0.05, 0) is 23.6 Å². The number of rotatable bonds is 13. The van der Waals surface area contributed by atoms with Crippen LogP contribution in [0.4, 0.5) is 0 Å². The number of carbonyl (C=O) groups excluding carboxylic acids is 1. The fourth-order valence-corrected chi connectivity index (χ4v) is 4.11. The highest BCUT2D eigenvalue weighted by molar-refractivity contribution is 5.97. The molecule has 3 heteroatoms. The number of esters is 1. The lowest BCUT2D eigenvalue weighted by molar-refractivity contribution is -0.147. The van der Waals surface area contributed by atoms with Gasteiger partial charge in [-0.2, -0.15) is 0 Å². The van der Waals surface area contributed by atoms with Gasteiger partial charge < -0.3 is 9.47 Å². The van der Waals surface area contributed by atoms with Crippen LogP contribution < -0.4 is 0 Å². The van der Waals surface area contributed by atoms with Crippen LogP contribution in [0.25, 0.3) is 16.5 Å². The van der Waals surface area contributed by atoms with Crippen molar-refractivity contribution in [1.82, 2.24) is 0 Å². The van der Waals surface area contributed by atoms with Crippen LogP contribution >= 0.6 is 0 Å². The van der Waals surface area contributed by atoms with Gasteiger partial charge in [0.25, 0.3) is 0 Å². The van der Waals surface area contributed by atoms with Crippen molar-refractivity contribution in [1.29, 1.82) is 0 Å². The lowest BCUT2D eigenvalue weighted by Gasteiger charge is -2.25. The van der Waals surface area contributed by atoms with Crippen LogP contribution in [0.3, 0.4) is 0 Å². The Kier molecular flexibility index (Phi) is 8.80. The predicted octanol–water partition coefficient (Wildman–Crippen LogP) is 7.74. The summed E-state index contributed by atoms with van der Waals surface area (Å²) in [7, 11) is 0. The predicted molar refractivity (Wildman–Crippen MR) is 124 cm³/mol. The summed E-state index contributed by atoms with van der Waals surface area (Å²) in [6.45, 7) is 5.07. The molecule has 30 heavy (non-hydrogen) atoms. The Morgan fingerprint density at radius 3 is 2.33 bits per heavy atom. The first-order valence-corrected chi connectivity index (χ1v) is 11.8. The van der Waals surface area contributed by atoms with E-state index >= 15 is 0 Å². The molecule has 0 fully saturated rings. The average molecular weight is 409 g/mol. The van der Waals surface area contributed by atoms with Crippen molar-refractivity contribution in [2.24, 2.45) is 0 Å². The second kappa shape index (κ2) is 11.8. The second-order valence-corrected chi connectivity index (χ2v) is 8.27. The molecule has 1 atom stereocenters. The molecule has 2 aromatic carbocycles. The number of hydrogen-bond donors (Lipinski definition) is 0. The van der Waals surface area contributed by atoms with Gasteiger partial charge in [0.15, 0.2) is 0 Å². The lowest BCUT2D eigenvalue weighted by atomic mass is 9.90. The molecule has 0 aliphatic heterocycles. The lowest BCUT2D eigenvalue weighted by Crippen LogP contribution is -2.14. The van der Waals surface area contributed by atoms with Gasteiger partial charge in [-0.25, -0.2) is 0 Å². The summed E-state index contributed by atoms with van der Waals surface area (Å²) in [4.78, 5) is 12.6. The molecule has 162 valence electrons. The zero-order valence-electron chi connectivity index (χ0n) is 18.6. The average Bonchev–Trinajstić information content (AvgIpc) is 2.76. The molecule has 0 spiro atoms. The fraction of sp³-hybridized carbons (Fsp3) is 0.519. The molecule has 1 aliphatic carbocycles. The molecule has 0 saturated heterocycles. The number of hydrogen-bond acceptors (Lipinski definition) is 3. The number of ether oxygens (including phenoxy) is 2. The first-order valence-electron chi connectivity index (χ1n) is 11.8. The van der Waals surface area contributed by atoms with Gasteiger partial charge in [-0.1, -0.05) is 95.2 Å². The molecule has 3 rings (SSSR count). The summed E-state index contributed by atoms with van der Waals surface area (Å²) >= 11 is 0. The van der Waals surface area contributed by atoms with Crippen molar-refractivity contribution < 1.29 is 14.3 Å². The first kappa shape index (κ1) is 22.4. The van der Waals surface area contributed by atoms with Crippen molar-refractivity contribution >= 4 is 22.5 Å². The van der Waals surface area contributed by atoms with E-state index in [1.165, 1.54) is 32.1 Å². The Labute approximate surface area is 181 Å². The molecule has 0 bridgehead atoms. The third kappa shape index (κ3) is 5.87. The summed E-state index contributed by atoms with van der Waals surface area (Å²) in [5.41, 5.74) is 2.15. The highest BCUT2D eigenvalue weighted by Crippen LogP contribution is 2.39. The fourth-order valence-electron chi connectivity index (χ4n) is 4.11. The number of unbranched alkanes of at least 4 members (excludes halogenated alkanes) is 7. The molecular formula is C27H36O3. The van der Waals surface area contributed by atoms with E-state index in [0.29, 0.717) is 13.0 Å². The van der Waals surface area contributed by atoms with Crippen molar-refractivity contribution in [2.45, 2.75) is 84.2 Å². The molecule has 0 saturated carbocycles. The summed E-state index contributed by atoms with van der Waals surface area (Å²) in [6.07, 6.45) is 12.6. The first-order chi connectivity index (χ1) is 14.7. The Morgan fingerprint density at radius 2 is 1.57 bits per heavy atom. The van der Waals surface area contributed by atoms with Gasteiger partial charge in [0.05, 0.1) is 6.61 Å². The standard InChI is InChI=1S/C27H36O3/c1-3-5-7-8-9-10-11-18-26(28)30-25-20-24(29-19-6-4-2)22-16-12-14-21-15-13-17-23(25)27(21)22/h12-17,20,25H,3-11,18-19H2,1-2H3. The molecular weight excluding hydrogens is 372 g/mol. The zero-order valence-corrected chi connectivity index (χ0v) is 18.6. The minimum absolute atomic E-state index is 0.117. The third-order valence-corrected chi connectivity index (χ3v) is 5.81. The normalized spacial score (nSPS) is 15.1. The van der Waals surface area contributed by atoms with Crippen LogP contribution in [0.1, 0.15) is 95.3 Å². The number of benzene rings is 2. The topological polar surface area (TPSA) is 35.5 Å². The molecule has 0 aromatic heterocycles. The highest BCUT2D eigenvalue weighted by atomic mass is 16.5. The van der Waals surface area contributed by atoms with Gasteiger partial charge in [-0.3, -0.25) is 4.79 Å². The van der Waals surface area contributed by atoms with Gasteiger partial charge >= 0.3 is 5.97 Å². The van der Waals surface area contributed by atoms with Crippen LogP contribution in [-0.2, 0) is 14.3 Å². The van der Waals surface area contributed by atoms with Crippen LogP contribution in [0.2, 0.25) is 0 Å². The Hall–Kier alpha value is -2.29. The van der Waals surface area contributed by atoms with E-state index in [4.69, 9.17) is 9.47 Å². The van der Waals surface area contributed by atoms with E-state index in [2.05, 4.69) is 44.2 Å². The molecule has 0 heterocycles. The number of carbonyl (C=O) groups is 1. The van der Waals surface area contributed by atoms with E-state index in [9.17, 15) is 4.79 Å². The van der Waals surface area contributed by atoms with E-state index in [0.717, 1.165) is 53.3 Å². The Bertz CT molecular complexity index is 847. The van der Waals surface area contributed by atoms with E-state index in [1.807, 2.05) is 12.1 Å². The summed E-state index contributed by atoms with van der Waals surface area (Å²) < 4.78 is 12.0. The second-order valence-electron chi connectivity index (χ2n) is 8.27. The quantitative estimate of drug-likeness (QED) is 0.251. The molecule has 0 amide bonds. The minimum atomic E-state index is -0.378. The van der Waals surface area contributed by atoms with Crippen molar-refractivity contribution in [3.05, 3.63) is 53.6 Å².